The van der Waals surface area contributed by atoms with Gasteiger partial charge in [0.2, 0.25) is 0 Å². The summed E-state index contributed by atoms with van der Waals surface area (Å²) < 4.78 is 1.62. The van der Waals surface area contributed by atoms with Gasteiger partial charge in [0, 0.05) is 27.7 Å². The van der Waals surface area contributed by atoms with Crippen LogP contribution in [0, 0.1) is 0 Å². The highest BCUT2D eigenvalue weighted by atomic mass is 35.5. The van der Waals surface area contributed by atoms with E-state index in [4.69, 9.17) is 23.2 Å². The Balaban J connectivity index is 2.05. The number of halogens is 2. The fraction of sp³-hybridized carbons (Fsp3) is 0.214. The van der Waals surface area contributed by atoms with E-state index in [0.717, 1.165) is 0 Å². The largest absolute Gasteiger partial charge is 0.349 e. The molecule has 0 atom stereocenters. The monoisotopic (exact) mass is 337 g/mol. The molecule has 3 rings (SSSR count). The minimum atomic E-state index is -0.199. The van der Waals surface area contributed by atoms with Crippen LogP contribution in [-0.4, -0.2) is 31.8 Å². The van der Waals surface area contributed by atoms with Crippen LogP contribution in [0.5, 0.6) is 0 Å². The van der Waals surface area contributed by atoms with Crippen LogP contribution in [0.1, 0.15) is 24.3 Å². The lowest BCUT2D eigenvalue weighted by atomic mass is 10.2. The number of hydrogen-bond donors (Lipinski definition) is 2. The maximum atomic E-state index is 12.0. The van der Waals surface area contributed by atoms with Gasteiger partial charge in [-0.25, -0.2) is 4.52 Å². The second-order valence-corrected chi connectivity index (χ2v) is 6.05. The lowest BCUT2D eigenvalue weighted by Gasteiger charge is -2.06. The zero-order chi connectivity index (χ0) is 15.9. The van der Waals surface area contributed by atoms with Gasteiger partial charge < -0.3 is 5.32 Å². The summed E-state index contributed by atoms with van der Waals surface area (Å²) in [5.41, 5.74) is 1.66. The molecule has 1 aromatic carbocycles. The van der Waals surface area contributed by atoms with Crippen LogP contribution >= 0.6 is 23.2 Å². The molecular weight excluding hydrogens is 325 g/mol. The van der Waals surface area contributed by atoms with Crippen molar-refractivity contribution in [3.8, 4) is 11.4 Å². The van der Waals surface area contributed by atoms with E-state index in [9.17, 15) is 4.79 Å². The Morgan fingerprint density at radius 2 is 1.86 bits per heavy atom. The molecule has 2 N–H and O–H groups in total. The Hall–Kier alpha value is -2.05. The summed E-state index contributed by atoms with van der Waals surface area (Å²) in [4.78, 5) is 12.0. The summed E-state index contributed by atoms with van der Waals surface area (Å²) in [6, 6.07) is 6.80. The molecule has 0 radical (unpaired) electrons. The van der Waals surface area contributed by atoms with E-state index in [1.807, 2.05) is 13.8 Å². The second kappa shape index (κ2) is 5.62. The quantitative estimate of drug-likeness (QED) is 0.770. The average Bonchev–Trinajstić information content (AvgIpc) is 2.95. The minimum Gasteiger partial charge on any atom is -0.349 e. The Bertz CT molecular complexity index is 832. The van der Waals surface area contributed by atoms with Crippen LogP contribution in [0.4, 0.5) is 0 Å². The van der Waals surface area contributed by atoms with Crippen LogP contribution in [0.2, 0.25) is 10.0 Å². The molecule has 0 saturated carbocycles. The summed E-state index contributed by atoms with van der Waals surface area (Å²) in [6.07, 6.45) is 0. The van der Waals surface area contributed by atoms with Gasteiger partial charge in [-0.2, -0.15) is 0 Å². The standard InChI is InChI=1S/C14H13Cl2N5O/c1-7(2)17-14(22)11-6-12-18-19-13(21(12)20-11)8-3-9(15)5-10(16)4-8/h3-7,20H,1-2H3,(H,17,22). The molecule has 0 saturated heterocycles. The third kappa shape index (κ3) is 2.80. The number of hydrogen-bond acceptors (Lipinski definition) is 3. The molecule has 2 aromatic heterocycles. The maximum absolute atomic E-state index is 12.0. The SMILES string of the molecule is CC(C)NC(=O)c1cc2nnc(-c3cc(Cl)cc(Cl)c3)n2[nH]1. The van der Waals surface area contributed by atoms with Gasteiger partial charge in [-0.3, -0.25) is 9.89 Å². The van der Waals surface area contributed by atoms with Crippen LogP contribution in [0.15, 0.2) is 24.3 Å². The predicted octanol–water partition coefficient (Wildman–Crippen LogP) is 3.17. The highest BCUT2D eigenvalue weighted by Crippen LogP contribution is 2.26. The van der Waals surface area contributed by atoms with Crippen molar-refractivity contribution in [1.29, 1.82) is 0 Å². The number of nitrogens with zero attached hydrogens (tertiary/aromatic N) is 3. The van der Waals surface area contributed by atoms with E-state index < -0.39 is 0 Å². The molecule has 0 fully saturated rings. The van der Waals surface area contributed by atoms with Gasteiger partial charge in [-0.1, -0.05) is 23.2 Å². The summed E-state index contributed by atoms with van der Waals surface area (Å²) in [6.45, 7) is 3.79. The van der Waals surface area contributed by atoms with Gasteiger partial charge in [0.05, 0.1) is 0 Å². The lowest BCUT2D eigenvalue weighted by molar-refractivity contribution is 0.0938. The zero-order valence-corrected chi connectivity index (χ0v) is 13.4. The van der Waals surface area contributed by atoms with E-state index in [1.165, 1.54) is 0 Å². The smallest absolute Gasteiger partial charge is 0.269 e. The number of fused-ring (bicyclic) bond motifs is 1. The fourth-order valence-corrected chi connectivity index (χ4v) is 2.63. The number of carbonyl (C=O) groups is 1. The minimum absolute atomic E-state index is 0.0486. The number of aromatic amines is 1. The van der Waals surface area contributed by atoms with E-state index in [-0.39, 0.29) is 11.9 Å². The third-order valence-corrected chi connectivity index (χ3v) is 3.42. The lowest BCUT2D eigenvalue weighted by Crippen LogP contribution is -2.30. The molecule has 0 aliphatic rings. The number of carbonyl (C=O) groups excluding carboxylic acids is 1. The average molecular weight is 338 g/mol. The van der Waals surface area contributed by atoms with Gasteiger partial charge >= 0.3 is 0 Å². The van der Waals surface area contributed by atoms with Crippen molar-refractivity contribution in [2.75, 3.05) is 0 Å². The van der Waals surface area contributed by atoms with Gasteiger partial charge in [0.15, 0.2) is 11.5 Å². The summed E-state index contributed by atoms with van der Waals surface area (Å²) >= 11 is 12.0. The number of amides is 1. The molecule has 0 bridgehead atoms. The Kier molecular flexibility index (Phi) is 3.80. The molecule has 3 aromatic rings. The Labute approximate surface area is 136 Å². The van der Waals surface area contributed by atoms with Crippen molar-refractivity contribution in [3.05, 3.63) is 40.0 Å². The topological polar surface area (TPSA) is 75.1 Å². The Morgan fingerprint density at radius 3 is 2.50 bits per heavy atom. The Morgan fingerprint density at radius 1 is 1.18 bits per heavy atom. The van der Waals surface area contributed by atoms with E-state index in [1.54, 1.807) is 28.8 Å². The first-order valence-electron chi connectivity index (χ1n) is 6.65. The number of nitrogens with one attached hydrogen (secondary N) is 2. The molecule has 114 valence electrons. The summed E-state index contributed by atoms with van der Waals surface area (Å²) in [5.74, 6) is 0.332. The van der Waals surface area contributed by atoms with Gasteiger partial charge in [0.1, 0.15) is 5.69 Å². The molecule has 22 heavy (non-hydrogen) atoms. The van der Waals surface area contributed by atoms with Crippen LogP contribution in [0.3, 0.4) is 0 Å². The highest BCUT2D eigenvalue weighted by molar-refractivity contribution is 6.35. The molecule has 0 spiro atoms. The maximum Gasteiger partial charge on any atom is 0.269 e. The van der Waals surface area contributed by atoms with Crippen LogP contribution in [-0.2, 0) is 0 Å². The van der Waals surface area contributed by atoms with Crippen molar-refractivity contribution >= 4 is 34.8 Å². The second-order valence-electron chi connectivity index (χ2n) is 5.17. The summed E-state index contributed by atoms with van der Waals surface area (Å²) in [5, 5.41) is 15.0. The highest BCUT2D eigenvalue weighted by Gasteiger charge is 2.16. The van der Waals surface area contributed by atoms with Crippen LogP contribution < -0.4 is 5.32 Å². The normalized spacial score (nSPS) is 11.3. The van der Waals surface area contributed by atoms with Crippen molar-refractivity contribution in [2.45, 2.75) is 19.9 Å². The van der Waals surface area contributed by atoms with E-state index in [2.05, 4.69) is 20.6 Å². The van der Waals surface area contributed by atoms with Crippen molar-refractivity contribution in [3.63, 3.8) is 0 Å². The van der Waals surface area contributed by atoms with Crippen molar-refractivity contribution in [1.82, 2.24) is 25.1 Å². The number of H-pyrrole nitrogens is 1. The molecule has 8 heteroatoms. The molecular formula is C14H13Cl2N5O. The predicted molar refractivity (Wildman–Crippen MR) is 85.4 cm³/mol. The van der Waals surface area contributed by atoms with Crippen molar-refractivity contribution < 1.29 is 4.79 Å². The summed E-state index contributed by atoms with van der Waals surface area (Å²) in [7, 11) is 0. The number of rotatable bonds is 3. The molecule has 6 nitrogen and oxygen atoms in total. The first-order chi connectivity index (χ1) is 10.4. The fourth-order valence-electron chi connectivity index (χ4n) is 2.11. The van der Waals surface area contributed by atoms with Gasteiger partial charge in [0.25, 0.3) is 5.91 Å². The first-order valence-corrected chi connectivity index (χ1v) is 7.41. The third-order valence-electron chi connectivity index (χ3n) is 2.98. The van der Waals surface area contributed by atoms with E-state index in [0.29, 0.717) is 32.8 Å². The van der Waals surface area contributed by atoms with Gasteiger partial charge in [-0.05, 0) is 32.0 Å². The molecule has 1 amide bonds. The molecule has 2 heterocycles. The van der Waals surface area contributed by atoms with Crippen LogP contribution in [0.25, 0.3) is 17.0 Å². The first kappa shape index (κ1) is 14.9. The zero-order valence-electron chi connectivity index (χ0n) is 11.9. The molecule has 0 unspecified atom stereocenters. The molecule has 0 aliphatic carbocycles. The van der Waals surface area contributed by atoms with E-state index >= 15 is 0 Å². The van der Waals surface area contributed by atoms with Gasteiger partial charge in [-0.15, -0.1) is 10.2 Å². The van der Waals surface area contributed by atoms with Crippen molar-refractivity contribution in [2.24, 2.45) is 0 Å². The molecule has 0 aliphatic heterocycles. The number of benzene rings is 1. The number of aromatic nitrogens is 4.